The molecule has 2 aromatic carbocycles. The first-order chi connectivity index (χ1) is 8.10. The summed E-state index contributed by atoms with van der Waals surface area (Å²) in [5.41, 5.74) is 3.59. The van der Waals surface area contributed by atoms with E-state index in [2.05, 4.69) is 6.07 Å². The first kappa shape index (κ1) is 12.0. The van der Waals surface area contributed by atoms with Gasteiger partial charge in [0.05, 0.1) is 11.6 Å². The second-order valence-electron chi connectivity index (χ2n) is 3.80. The molecule has 0 N–H and O–H groups in total. The van der Waals surface area contributed by atoms with Crippen LogP contribution in [0.4, 0.5) is 0 Å². The highest BCUT2D eigenvalue weighted by Crippen LogP contribution is 2.28. The monoisotopic (exact) mass is 261 g/mol. The zero-order chi connectivity index (χ0) is 12.4. The van der Waals surface area contributed by atoms with Crippen molar-refractivity contribution in [3.63, 3.8) is 0 Å². The third kappa shape index (κ3) is 2.61. The van der Waals surface area contributed by atoms with Gasteiger partial charge in [-0.15, -0.1) is 0 Å². The lowest BCUT2D eigenvalue weighted by Crippen LogP contribution is -1.85. The summed E-state index contributed by atoms with van der Waals surface area (Å²) in [7, 11) is 0. The topological polar surface area (TPSA) is 23.8 Å². The van der Waals surface area contributed by atoms with Gasteiger partial charge in [0.2, 0.25) is 0 Å². The molecule has 84 valence electrons. The zero-order valence-corrected chi connectivity index (χ0v) is 10.7. The fourth-order valence-electron chi connectivity index (χ4n) is 1.69. The van der Waals surface area contributed by atoms with Gasteiger partial charge in [0, 0.05) is 10.0 Å². The first-order valence-electron chi connectivity index (χ1n) is 5.07. The second kappa shape index (κ2) is 4.79. The van der Waals surface area contributed by atoms with Gasteiger partial charge in [-0.1, -0.05) is 35.3 Å². The van der Waals surface area contributed by atoms with Crippen LogP contribution in [-0.4, -0.2) is 0 Å². The Balaban J connectivity index is 2.54. The molecule has 17 heavy (non-hydrogen) atoms. The fourth-order valence-corrected chi connectivity index (χ4v) is 2.22. The second-order valence-corrected chi connectivity index (χ2v) is 4.67. The highest BCUT2D eigenvalue weighted by molar-refractivity contribution is 6.35. The molecule has 2 aromatic rings. The third-order valence-corrected chi connectivity index (χ3v) is 2.98. The van der Waals surface area contributed by atoms with Gasteiger partial charge in [-0.2, -0.15) is 5.26 Å². The van der Waals surface area contributed by atoms with E-state index in [4.69, 9.17) is 28.5 Å². The lowest BCUT2D eigenvalue weighted by atomic mass is 10.0. The number of nitrogens with zero attached hydrogens (tertiary/aromatic N) is 1. The molecular formula is C14H9Cl2N. The molecule has 0 saturated heterocycles. The number of nitriles is 1. The summed E-state index contributed by atoms with van der Waals surface area (Å²) in [6.45, 7) is 1.91. The van der Waals surface area contributed by atoms with Crippen LogP contribution in [0.3, 0.4) is 0 Å². The Hall–Kier alpha value is -1.49. The maximum Gasteiger partial charge on any atom is 0.0994 e. The van der Waals surface area contributed by atoms with Crippen molar-refractivity contribution in [3.8, 4) is 17.2 Å². The molecule has 0 aliphatic rings. The summed E-state index contributed by atoms with van der Waals surface area (Å²) in [6, 6.07) is 13.2. The van der Waals surface area contributed by atoms with Crippen LogP contribution in [0.5, 0.6) is 0 Å². The van der Waals surface area contributed by atoms with Crippen molar-refractivity contribution in [2.24, 2.45) is 0 Å². The van der Waals surface area contributed by atoms with Crippen LogP contribution >= 0.6 is 23.2 Å². The number of benzene rings is 2. The summed E-state index contributed by atoms with van der Waals surface area (Å²) in [5, 5.41) is 10.1. The molecule has 0 atom stereocenters. The van der Waals surface area contributed by atoms with Crippen molar-refractivity contribution >= 4 is 23.2 Å². The standard InChI is InChI=1S/C14H9Cl2N/c1-9-4-10(2-3-11(9)8-17)12-5-13(15)7-14(16)6-12/h2-7H,1H3. The highest BCUT2D eigenvalue weighted by atomic mass is 35.5. The first-order valence-corrected chi connectivity index (χ1v) is 5.83. The van der Waals surface area contributed by atoms with Crippen LogP contribution < -0.4 is 0 Å². The van der Waals surface area contributed by atoms with Crippen molar-refractivity contribution in [2.45, 2.75) is 6.92 Å². The van der Waals surface area contributed by atoms with Crippen LogP contribution in [0.2, 0.25) is 10.0 Å². The summed E-state index contributed by atoms with van der Waals surface area (Å²) in [4.78, 5) is 0. The highest BCUT2D eigenvalue weighted by Gasteiger charge is 2.04. The largest absolute Gasteiger partial charge is 0.192 e. The molecule has 0 unspecified atom stereocenters. The van der Waals surface area contributed by atoms with Crippen molar-refractivity contribution in [1.29, 1.82) is 5.26 Å². The minimum absolute atomic E-state index is 0.606. The molecule has 0 bridgehead atoms. The van der Waals surface area contributed by atoms with Gasteiger partial charge in [0.25, 0.3) is 0 Å². The maximum atomic E-state index is 8.88. The van der Waals surface area contributed by atoms with Crippen LogP contribution in [0.1, 0.15) is 11.1 Å². The van der Waals surface area contributed by atoms with Gasteiger partial charge in [0.15, 0.2) is 0 Å². The number of halogens is 2. The molecule has 0 radical (unpaired) electrons. The summed E-state index contributed by atoms with van der Waals surface area (Å²) < 4.78 is 0. The summed E-state index contributed by atoms with van der Waals surface area (Å²) >= 11 is 11.9. The van der Waals surface area contributed by atoms with Crippen molar-refractivity contribution in [2.75, 3.05) is 0 Å². The zero-order valence-electron chi connectivity index (χ0n) is 9.17. The molecule has 0 aliphatic carbocycles. The van der Waals surface area contributed by atoms with E-state index < -0.39 is 0 Å². The molecule has 0 heterocycles. The molecule has 0 spiro atoms. The molecule has 0 aromatic heterocycles. The Morgan fingerprint density at radius 2 is 1.59 bits per heavy atom. The van der Waals surface area contributed by atoms with E-state index in [-0.39, 0.29) is 0 Å². The number of rotatable bonds is 1. The number of hydrogen-bond donors (Lipinski definition) is 0. The molecule has 0 saturated carbocycles. The Morgan fingerprint density at radius 3 is 2.12 bits per heavy atom. The van der Waals surface area contributed by atoms with Gasteiger partial charge < -0.3 is 0 Å². The molecular weight excluding hydrogens is 253 g/mol. The van der Waals surface area contributed by atoms with Crippen LogP contribution in [0.25, 0.3) is 11.1 Å². The van der Waals surface area contributed by atoms with Gasteiger partial charge in [-0.05, 0) is 47.9 Å². The molecule has 0 amide bonds. The predicted molar refractivity (Wildman–Crippen MR) is 71.4 cm³/mol. The van der Waals surface area contributed by atoms with Crippen molar-refractivity contribution in [1.82, 2.24) is 0 Å². The van der Waals surface area contributed by atoms with E-state index in [1.807, 2.05) is 31.2 Å². The molecule has 1 nitrogen and oxygen atoms in total. The van der Waals surface area contributed by atoms with Crippen LogP contribution in [-0.2, 0) is 0 Å². The van der Waals surface area contributed by atoms with Gasteiger partial charge in [-0.25, -0.2) is 0 Å². The molecule has 0 aliphatic heterocycles. The van der Waals surface area contributed by atoms with E-state index in [0.717, 1.165) is 16.7 Å². The lowest BCUT2D eigenvalue weighted by Gasteiger charge is -2.05. The van der Waals surface area contributed by atoms with E-state index >= 15 is 0 Å². The van der Waals surface area contributed by atoms with E-state index in [1.165, 1.54) is 0 Å². The van der Waals surface area contributed by atoms with E-state index in [9.17, 15) is 0 Å². The predicted octanol–water partition coefficient (Wildman–Crippen LogP) is 4.84. The molecule has 3 heteroatoms. The minimum atomic E-state index is 0.606. The Bertz CT molecular complexity index is 592. The summed E-state index contributed by atoms with van der Waals surface area (Å²) in [6.07, 6.45) is 0. The average Bonchev–Trinajstić information content (AvgIpc) is 2.27. The van der Waals surface area contributed by atoms with E-state index in [0.29, 0.717) is 15.6 Å². The Labute approximate surface area is 110 Å². The minimum Gasteiger partial charge on any atom is -0.192 e. The van der Waals surface area contributed by atoms with Gasteiger partial charge in [-0.3, -0.25) is 0 Å². The maximum absolute atomic E-state index is 8.88. The van der Waals surface area contributed by atoms with Crippen molar-refractivity contribution in [3.05, 3.63) is 57.6 Å². The summed E-state index contributed by atoms with van der Waals surface area (Å²) in [5.74, 6) is 0. The normalized spacial score (nSPS) is 10.0. The van der Waals surface area contributed by atoms with Crippen molar-refractivity contribution < 1.29 is 0 Å². The molecule has 2 rings (SSSR count). The van der Waals surface area contributed by atoms with Crippen LogP contribution in [0.15, 0.2) is 36.4 Å². The van der Waals surface area contributed by atoms with Gasteiger partial charge in [0.1, 0.15) is 0 Å². The SMILES string of the molecule is Cc1cc(-c2cc(Cl)cc(Cl)c2)ccc1C#N. The number of hydrogen-bond acceptors (Lipinski definition) is 1. The van der Waals surface area contributed by atoms with Crippen LogP contribution in [0, 0.1) is 18.3 Å². The molecule has 0 fully saturated rings. The smallest absolute Gasteiger partial charge is 0.0994 e. The van der Waals surface area contributed by atoms with Gasteiger partial charge >= 0.3 is 0 Å². The fraction of sp³-hybridized carbons (Fsp3) is 0.0714. The lowest BCUT2D eigenvalue weighted by molar-refractivity contribution is 1.39. The Kier molecular flexibility index (Phi) is 3.38. The Morgan fingerprint density at radius 1 is 0.941 bits per heavy atom. The van der Waals surface area contributed by atoms with E-state index in [1.54, 1.807) is 12.1 Å². The number of aryl methyl sites for hydroxylation is 1. The third-order valence-electron chi connectivity index (χ3n) is 2.54. The quantitative estimate of drug-likeness (QED) is 0.721. The average molecular weight is 262 g/mol.